The molecule has 1 aliphatic heterocycles. The molecule has 0 radical (unpaired) electrons. The van der Waals surface area contributed by atoms with E-state index in [0.717, 1.165) is 42.0 Å². The van der Waals surface area contributed by atoms with Crippen LogP contribution in [-0.2, 0) is 4.74 Å². The second-order valence-corrected chi connectivity index (χ2v) is 7.11. The monoisotopic (exact) mass is 436 g/mol. The van der Waals surface area contributed by atoms with Crippen molar-refractivity contribution in [3.63, 3.8) is 0 Å². The summed E-state index contributed by atoms with van der Waals surface area (Å²) in [4.78, 5) is 15.0. The summed E-state index contributed by atoms with van der Waals surface area (Å²) in [6.45, 7) is 4.12. The van der Waals surface area contributed by atoms with Gasteiger partial charge in [0.05, 0.1) is 19.3 Å². The van der Waals surface area contributed by atoms with Crippen molar-refractivity contribution in [2.24, 2.45) is 0 Å². The van der Waals surface area contributed by atoms with Crippen molar-refractivity contribution < 1.29 is 9.53 Å². The minimum atomic E-state index is -0.0327. The summed E-state index contributed by atoms with van der Waals surface area (Å²) in [5.74, 6) is -0.0318. The summed E-state index contributed by atoms with van der Waals surface area (Å²) < 4.78 is 6.48. The van der Waals surface area contributed by atoms with E-state index in [1.165, 1.54) is 0 Å². The molecule has 1 N–H and O–H groups in total. The summed E-state index contributed by atoms with van der Waals surface area (Å²) in [5.41, 5.74) is 1.83. The average molecular weight is 436 g/mol. The van der Waals surface area contributed by atoms with Crippen molar-refractivity contribution in [2.75, 3.05) is 32.8 Å². The van der Waals surface area contributed by atoms with Gasteiger partial charge in [-0.3, -0.25) is 9.69 Å². The molecule has 4 nitrogen and oxygen atoms in total. The van der Waals surface area contributed by atoms with E-state index in [2.05, 4.69) is 44.9 Å². The first-order chi connectivity index (χ1) is 11.7. The molecular weight excluding hydrogens is 415 g/mol. The molecule has 1 aliphatic rings. The largest absolute Gasteiger partial charge is 0.379 e. The number of halogens is 1. The van der Waals surface area contributed by atoms with Crippen LogP contribution in [0.15, 0.2) is 54.6 Å². The molecule has 3 rings (SSSR count). The van der Waals surface area contributed by atoms with Crippen LogP contribution in [0.4, 0.5) is 0 Å². The number of carbonyl (C=O) groups is 1. The molecular formula is C19H21IN2O2. The van der Waals surface area contributed by atoms with E-state index in [-0.39, 0.29) is 11.9 Å². The first-order valence-corrected chi connectivity index (χ1v) is 9.22. The van der Waals surface area contributed by atoms with Gasteiger partial charge in [0.1, 0.15) is 0 Å². The fourth-order valence-electron chi connectivity index (χ4n) is 2.83. The highest BCUT2D eigenvalue weighted by Crippen LogP contribution is 2.17. The van der Waals surface area contributed by atoms with Crippen LogP contribution in [0.2, 0.25) is 0 Å². The minimum absolute atomic E-state index is 0.0318. The molecule has 2 aromatic carbocycles. The zero-order valence-electron chi connectivity index (χ0n) is 13.5. The van der Waals surface area contributed by atoms with Crippen LogP contribution < -0.4 is 5.32 Å². The molecule has 5 heteroatoms. The van der Waals surface area contributed by atoms with Crippen molar-refractivity contribution in [3.05, 3.63) is 69.3 Å². The number of benzene rings is 2. The number of ether oxygens (including phenoxy) is 1. The summed E-state index contributed by atoms with van der Waals surface area (Å²) in [5, 5.41) is 3.20. The van der Waals surface area contributed by atoms with Crippen molar-refractivity contribution in [1.29, 1.82) is 0 Å². The smallest absolute Gasteiger partial charge is 0.251 e. The molecule has 0 saturated carbocycles. The number of nitrogens with zero attached hydrogens (tertiary/aromatic N) is 1. The maximum Gasteiger partial charge on any atom is 0.251 e. The Kier molecular flexibility index (Phi) is 6.23. The highest BCUT2D eigenvalue weighted by Gasteiger charge is 2.20. The van der Waals surface area contributed by atoms with E-state index in [1.54, 1.807) is 0 Å². The molecule has 0 aliphatic carbocycles. The third kappa shape index (κ3) is 4.78. The fourth-order valence-corrected chi connectivity index (χ4v) is 3.38. The van der Waals surface area contributed by atoms with Gasteiger partial charge in [-0.2, -0.15) is 0 Å². The zero-order valence-corrected chi connectivity index (χ0v) is 15.6. The lowest BCUT2D eigenvalue weighted by Crippen LogP contribution is -2.43. The van der Waals surface area contributed by atoms with Gasteiger partial charge in [-0.25, -0.2) is 0 Å². The Morgan fingerprint density at radius 1 is 1.12 bits per heavy atom. The molecule has 24 heavy (non-hydrogen) atoms. The maximum atomic E-state index is 12.7. The van der Waals surface area contributed by atoms with Crippen LogP contribution >= 0.6 is 22.6 Å². The molecule has 1 atom stereocenters. The number of amides is 1. The highest BCUT2D eigenvalue weighted by atomic mass is 127. The van der Waals surface area contributed by atoms with Crippen LogP contribution in [0.25, 0.3) is 0 Å². The van der Waals surface area contributed by atoms with Gasteiger partial charge < -0.3 is 10.1 Å². The van der Waals surface area contributed by atoms with Gasteiger partial charge in [-0.05, 0) is 46.4 Å². The molecule has 0 unspecified atom stereocenters. The molecule has 1 saturated heterocycles. The van der Waals surface area contributed by atoms with E-state index in [4.69, 9.17) is 4.74 Å². The molecule has 0 spiro atoms. The number of morpholine rings is 1. The Morgan fingerprint density at radius 2 is 1.88 bits per heavy atom. The van der Waals surface area contributed by atoms with Gasteiger partial charge in [-0.15, -0.1) is 0 Å². The molecule has 0 aromatic heterocycles. The van der Waals surface area contributed by atoms with E-state index in [9.17, 15) is 4.79 Å². The Balaban J connectivity index is 1.75. The van der Waals surface area contributed by atoms with Crippen LogP contribution in [0.3, 0.4) is 0 Å². The quantitative estimate of drug-likeness (QED) is 0.733. The lowest BCUT2D eigenvalue weighted by atomic mass is 10.1. The van der Waals surface area contributed by atoms with E-state index in [1.807, 2.05) is 42.5 Å². The van der Waals surface area contributed by atoms with Gasteiger partial charge >= 0.3 is 0 Å². The van der Waals surface area contributed by atoms with Crippen molar-refractivity contribution in [2.45, 2.75) is 6.04 Å². The lowest BCUT2D eigenvalue weighted by Gasteiger charge is -2.31. The lowest BCUT2D eigenvalue weighted by molar-refractivity contribution is 0.0332. The van der Waals surface area contributed by atoms with E-state index >= 15 is 0 Å². The SMILES string of the molecule is O=C(N[C@@H](CN1CCOCC1)c1ccccc1)c1cccc(I)c1. The Bertz CT molecular complexity index is 672. The van der Waals surface area contributed by atoms with Crippen LogP contribution in [0, 0.1) is 3.57 Å². The summed E-state index contributed by atoms with van der Waals surface area (Å²) in [7, 11) is 0. The van der Waals surface area contributed by atoms with Crippen molar-refractivity contribution in [1.82, 2.24) is 10.2 Å². The zero-order chi connectivity index (χ0) is 16.8. The van der Waals surface area contributed by atoms with Gasteiger partial charge in [0, 0.05) is 28.8 Å². The number of nitrogens with one attached hydrogen (secondary N) is 1. The number of carbonyl (C=O) groups excluding carboxylic acids is 1. The molecule has 1 fully saturated rings. The number of hydrogen-bond donors (Lipinski definition) is 1. The third-order valence-electron chi connectivity index (χ3n) is 4.14. The highest BCUT2D eigenvalue weighted by molar-refractivity contribution is 14.1. The molecule has 1 heterocycles. The first-order valence-electron chi connectivity index (χ1n) is 8.14. The minimum Gasteiger partial charge on any atom is -0.379 e. The van der Waals surface area contributed by atoms with Gasteiger partial charge in [0.15, 0.2) is 0 Å². The van der Waals surface area contributed by atoms with Gasteiger partial charge in [0.2, 0.25) is 0 Å². The summed E-state index contributed by atoms with van der Waals surface area (Å²) in [6.07, 6.45) is 0. The Morgan fingerprint density at radius 3 is 2.58 bits per heavy atom. The Labute approximate surface area is 156 Å². The Hall–Kier alpha value is -1.44. The van der Waals surface area contributed by atoms with Crippen molar-refractivity contribution in [3.8, 4) is 0 Å². The van der Waals surface area contributed by atoms with E-state index < -0.39 is 0 Å². The fraction of sp³-hybridized carbons (Fsp3) is 0.316. The molecule has 126 valence electrons. The standard InChI is InChI=1S/C19H21IN2O2/c20-17-8-4-7-16(13-17)19(23)21-18(15-5-2-1-3-6-15)14-22-9-11-24-12-10-22/h1-8,13,18H,9-12,14H2,(H,21,23)/t18-/m0/s1. The maximum absolute atomic E-state index is 12.7. The van der Waals surface area contributed by atoms with Gasteiger partial charge in [0.25, 0.3) is 5.91 Å². The van der Waals surface area contributed by atoms with Crippen LogP contribution in [0.1, 0.15) is 22.0 Å². The number of hydrogen-bond acceptors (Lipinski definition) is 3. The topological polar surface area (TPSA) is 41.6 Å². The second-order valence-electron chi connectivity index (χ2n) is 5.86. The van der Waals surface area contributed by atoms with Gasteiger partial charge in [-0.1, -0.05) is 36.4 Å². The predicted molar refractivity (Wildman–Crippen MR) is 103 cm³/mol. The van der Waals surface area contributed by atoms with Crippen LogP contribution in [0.5, 0.6) is 0 Å². The summed E-state index contributed by atoms with van der Waals surface area (Å²) in [6, 6.07) is 17.8. The van der Waals surface area contributed by atoms with E-state index in [0.29, 0.717) is 5.56 Å². The summed E-state index contributed by atoms with van der Waals surface area (Å²) >= 11 is 2.23. The third-order valence-corrected chi connectivity index (χ3v) is 4.81. The first kappa shape index (κ1) is 17.4. The molecule has 2 aromatic rings. The molecule has 0 bridgehead atoms. The molecule has 1 amide bonds. The average Bonchev–Trinajstić information content (AvgIpc) is 2.63. The number of rotatable bonds is 5. The van der Waals surface area contributed by atoms with Crippen molar-refractivity contribution >= 4 is 28.5 Å². The normalized spacial score (nSPS) is 16.5. The predicted octanol–water partition coefficient (Wildman–Crippen LogP) is 3.09. The van der Waals surface area contributed by atoms with Crippen LogP contribution in [-0.4, -0.2) is 43.7 Å². The second kappa shape index (κ2) is 8.60.